The average molecular weight is 2060 g/mol. The molecular weight excluding hydrogens is 1930 g/mol. The lowest BCUT2D eigenvalue weighted by Gasteiger charge is -2.44. The molecule has 5 aromatic carbocycles. The summed E-state index contributed by atoms with van der Waals surface area (Å²) in [4.78, 5) is 122. The highest BCUT2D eigenvalue weighted by Crippen LogP contribution is 2.46. The van der Waals surface area contributed by atoms with Crippen LogP contribution in [-0.4, -0.2) is 197 Å². The fourth-order valence-corrected chi connectivity index (χ4v) is 18.0. The zero-order valence-electron chi connectivity index (χ0n) is 87.3. The molecule has 0 amide bonds. The predicted molar refractivity (Wildman–Crippen MR) is 563 cm³/mol. The van der Waals surface area contributed by atoms with Crippen LogP contribution in [0.5, 0.6) is 40.2 Å². The lowest BCUT2D eigenvalue weighted by Crippen LogP contribution is -2.51. The minimum absolute atomic E-state index is 0.00893. The molecule has 32 nitrogen and oxygen atoms in total. The first-order chi connectivity index (χ1) is 68.7. The molecule has 780 valence electrons. The molecule has 0 radical (unpaired) electrons. The highest BCUT2D eigenvalue weighted by molar-refractivity contribution is 6.33. The first-order valence-corrected chi connectivity index (χ1v) is 49.3. The van der Waals surface area contributed by atoms with E-state index >= 15 is 4.39 Å². The minimum atomic E-state index is -0.964. The number of hydrogen-bond donors (Lipinski definition) is 0. The molecule has 5 aliphatic rings. The Morgan fingerprint density at radius 2 is 0.552 bits per heavy atom. The van der Waals surface area contributed by atoms with Gasteiger partial charge in [-0.3, -0.25) is 71.3 Å². The number of benzene rings is 5. The summed E-state index contributed by atoms with van der Waals surface area (Å²) in [6.07, 6.45) is 11.8. The van der Waals surface area contributed by atoms with Gasteiger partial charge in [0.1, 0.15) is 22.9 Å². The number of rotatable bonds is 35. The largest absolute Gasteiger partial charge is 0.493 e. The van der Waals surface area contributed by atoms with E-state index in [1.54, 1.807) is 91.4 Å². The predicted octanol–water partition coefficient (Wildman–Crippen LogP) is 17.9. The maximum absolute atomic E-state index is 15.1. The van der Waals surface area contributed by atoms with Crippen molar-refractivity contribution in [1.82, 2.24) is 23.4 Å². The Kier molecular flexibility index (Phi) is 38.5. The van der Waals surface area contributed by atoms with Gasteiger partial charge in [-0.2, -0.15) is 0 Å². The molecule has 0 atom stereocenters. The smallest absolute Gasteiger partial charge is 0.228 e. The molecule has 0 spiro atoms. The van der Waals surface area contributed by atoms with Gasteiger partial charge in [0.05, 0.1) is 146 Å². The first-order valence-electron chi connectivity index (χ1n) is 48.2. The molecule has 145 heavy (non-hydrogen) atoms. The van der Waals surface area contributed by atoms with Crippen LogP contribution in [-0.2, 0) is 56.4 Å². The number of pyridine rings is 5. The molecule has 0 N–H and O–H groups in total. The standard InChI is InChI=1S/C23H30N2O5.C22H27ClN2O4.C22H28N2O5.C21H24ClFN2O4.C21H25ClN2O4/c1-15(26)18-14-24-19(12-20(18)27)17-11-21(29-6)22(30-9-7-8-28-5)10-16(17)13-25(24)23(2,3)4;1-14(26)17-13-24-19(11-20(17)27)16-10-18(23)21(29-8-6-7-28-5)9-15(16)12-25(24)22(2,3)4;1-14(2)23-12-16-9-22(29-8-6-7-27-4)21(28-5)10-17(16)19-11-20(26)18(15(3)25)13-24(19)23;1-12(2)24-10-14-8-18(29-7-5-6-28-4)17(22)9-15(14)20-19(23)21(27)16(13(3)26)11-25(20)24;1-13(2)23-11-15-8-21(28-7-5-6-27-4)18(22)9-16(15)19-10-20(26)17(14(3)25)12-24(19)23/h10-12,14H,7-9,13H2,1-6H3;9-11,13H,6-8,12H2,1-5H3;9-11,13-14H,6-8,12H2,1-5H3;8-9,11-12H,5-7,10H2,1-4H3;8-10,12-13H,5-7,11H2,1-4H3. The number of carbonyl (C=O) groups excluding carboxylic acids is 5. The third-order valence-electron chi connectivity index (χ3n) is 24.8. The van der Waals surface area contributed by atoms with Crippen LogP contribution in [0.4, 0.5) is 4.39 Å². The van der Waals surface area contributed by atoms with E-state index in [9.17, 15) is 47.9 Å². The molecule has 36 heteroatoms. The Balaban J connectivity index is 0.000000173. The zero-order chi connectivity index (χ0) is 106. The van der Waals surface area contributed by atoms with Crippen molar-refractivity contribution in [2.24, 2.45) is 0 Å². The summed E-state index contributed by atoms with van der Waals surface area (Å²) in [6.45, 7) is 40.1. The molecule has 5 aromatic heterocycles. The Labute approximate surface area is 859 Å². The van der Waals surface area contributed by atoms with Crippen molar-refractivity contribution >= 4 is 63.7 Å². The van der Waals surface area contributed by atoms with Crippen LogP contribution in [0.2, 0.25) is 15.1 Å². The Morgan fingerprint density at radius 1 is 0.310 bits per heavy atom. The van der Waals surface area contributed by atoms with Crippen LogP contribution >= 0.6 is 34.8 Å². The summed E-state index contributed by atoms with van der Waals surface area (Å²) in [7, 11) is 11.5. The number of halogens is 4. The van der Waals surface area contributed by atoms with Gasteiger partial charge in [-0.25, -0.2) is 4.39 Å². The topological polar surface area (TPSA) is 322 Å². The third kappa shape index (κ3) is 26.3. The number of methoxy groups -OCH3 is 7. The van der Waals surface area contributed by atoms with Crippen molar-refractivity contribution in [3.63, 3.8) is 0 Å². The second-order valence-electron chi connectivity index (χ2n) is 38.4. The molecule has 0 fully saturated rings. The fraction of sp³-hybridized carbons (Fsp3) is 0.450. The SMILES string of the molecule is COCCCOc1cc2c(cc1Cl)-c1c(F)c(=O)c(C(C)=O)cn1N(C(C)C)C2.COCCCOc1cc2c(cc1Cl)-c1cc(=O)c(C(C)=O)cn1N(C(C)(C)C)C2.COCCCOc1cc2c(cc1Cl)-c1cc(=O)c(C(C)=O)cn1N(C(C)C)C2.COCCCOc1cc2c(cc1OC)-c1cc(=O)c(C(C)=O)cn1N(C(C)(C)C)C2.COCCCOc1cc2c(cc1OC)-c1cc(=O)c(C(C)=O)cn1N(C(C)C)C2. The van der Waals surface area contributed by atoms with Gasteiger partial charge in [0.15, 0.2) is 79.4 Å². The molecule has 0 bridgehead atoms. The van der Waals surface area contributed by atoms with Crippen LogP contribution in [0.25, 0.3) is 56.3 Å². The first kappa shape index (κ1) is 113. The summed E-state index contributed by atoms with van der Waals surface area (Å²) in [5, 5.41) is 11.7. The van der Waals surface area contributed by atoms with E-state index in [1.165, 1.54) is 65.1 Å². The molecule has 0 aliphatic carbocycles. The maximum atomic E-state index is 15.1. The second kappa shape index (κ2) is 49.5. The monoisotopic (exact) mass is 2060 g/mol. The number of hydrogen-bond acceptors (Lipinski definition) is 27. The van der Waals surface area contributed by atoms with E-state index in [-0.39, 0.29) is 108 Å². The molecule has 0 saturated carbocycles. The summed E-state index contributed by atoms with van der Waals surface area (Å²) < 4.78 is 89.9. The van der Waals surface area contributed by atoms with Crippen molar-refractivity contribution in [3.8, 4) is 96.5 Å². The Hall–Kier alpha value is -12.6. The van der Waals surface area contributed by atoms with Gasteiger partial charge >= 0.3 is 0 Å². The number of carbonyl (C=O) groups is 5. The van der Waals surface area contributed by atoms with Gasteiger partial charge in [0.25, 0.3) is 0 Å². The van der Waals surface area contributed by atoms with Crippen LogP contribution in [0, 0.1) is 5.82 Å². The number of Topliss-reactive ketones (excluding diaryl/α,β-unsaturated/α-hetero) is 5. The lowest BCUT2D eigenvalue weighted by molar-refractivity contribution is 0.100. The minimum Gasteiger partial charge on any atom is -0.493 e. The number of ketones is 5. The molecule has 10 heterocycles. The molecule has 15 rings (SSSR count). The third-order valence-corrected chi connectivity index (χ3v) is 25.7. The van der Waals surface area contributed by atoms with Crippen molar-refractivity contribution in [2.45, 2.75) is 212 Å². The summed E-state index contributed by atoms with van der Waals surface area (Å²) in [6, 6.07) is 25.1. The van der Waals surface area contributed by atoms with Gasteiger partial charge in [-0.05, 0) is 206 Å². The van der Waals surface area contributed by atoms with Crippen molar-refractivity contribution in [3.05, 3.63) is 244 Å². The van der Waals surface area contributed by atoms with E-state index in [2.05, 4.69) is 89.3 Å². The van der Waals surface area contributed by atoms with Gasteiger partial charge in [-0.15, -0.1) is 0 Å². The second-order valence-corrected chi connectivity index (χ2v) is 39.7. The molecule has 10 aromatic rings. The molecule has 0 saturated heterocycles. The van der Waals surface area contributed by atoms with E-state index in [0.717, 1.165) is 92.8 Å². The number of fused-ring (bicyclic) bond motifs is 15. The number of nitrogens with zero attached hydrogens (tertiary/aromatic N) is 10. The van der Waals surface area contributed by atoms with Crippen LogP contribution in [0.15, 0.2) is 140 Å². The van der Waals surface area contributed by atoms with Crippen LogP contribution < -0.4 is 85.3 Å². The highest BCUT2D eigenvalue weighted by Gasteiger charge is 2.37. The van der Waals surface area contributed by atoms with E-state index in [0.29, 0.717) is 172 Å². The summed E-state index contributed by atoms with van der Waals surface area (Å²) in [5.41, 5.74) is 9.96. The summed E-state index contributed by atoms with van der Waals surface area (Å²) in [5.74, 6) is 1.87. The highest BCUT2D eigenvalue weighted by atomic mass is 35.5. The van der Waals surface area contributed by atoms with Crippen LogP contribution in [0.3, 0.4) is 0 Å². The fourth-order valence-electron chi connectivity index (χ4n) is 17.3. The zero-order valence-corrected chi connectivity index (χ0v) is 89.6. The number of ether oxygens (including phenoxy) is 12. The maximum Gasteiger partial charge on any atom is 0.228 e. The van der Waals surface area contributed by atoms with Crippen LogP contribution in [0.1, 0.15) is 229 Å². The van der Waals surface area contributed by atoms with Crippen molar-refractivity contribution < 1.29 is 85.2 Å². The molecular formula is C109H134Cl3FN10O22. The Bertz CT molecular complexity index is 6770. The normalized spacial score (nSPS) is 12.8. The molecule has 0 unspecified atom stereocenters. The van der Waals surface area contributed by atoms with E-state index < -0.39 is 17.0 Å². The summed E-state index contributed by atoms with van der Waals surface area (Å²) >= 11 is 19.3. The van der Waals surface area contributed by atoms with Gasteiger partial charge in [0, 0.05) is 213 Å². The molecule has 5 aliphatic heterocycles. The van der Waals surface area contributed by atoms with E-state index in [4.69, 9.17) is 91.6 Å². The van der Waals surface area contributed by atoms with Gasteiger partial charge in [-0.1, -0.05) is 34.8 Å². The van der Waals surface area contributed by atoms with Gasteiger partial charge in [0.2, 0.25) is 5.43 Å². The lowest BCUT2D eigenvalue weighted by atomic mass is 9.97. The quantitative estimate of drug-likeness (QED) is 0.0263. The Morgan fingerprint density at radius 3 is 0.828 bits per heavy atom. The average Bonchev–Trinajstić information content (AvgIpc) is 0.770. The van der Waals surface area contributed by atoms with Crippen molar-refractivity contribution in [1.29, 1.82) is 0 Å². The number of aromatic nitrogens is 5. The van der Waals surface area contributed by atoms with Crippen molar-refractivity contribution in [2.75, 3.05) is 141 Å². The van der Waals surface area contributed by atoms with E-state index in [1.807, 2.05) is 86.1 Å². The van der Waals surface area contributed by atoms with Gasteiger partial charge < -0.3 is 81.9 Å².